The van der Waals surface area contributed by atoms with Gasteiger partial charge in [-0.15, -0.1) is 0 Å². The Labute approximate surface area is 103 Å². The summed E-state index contributed by atoms with van der Waals surface area (Å²) >= 11 is 6.01. The van der Waals surface area contributed by atoms with Gasteiger partial charge in [-0.2, -0.15) is 0 Å². The summed E-state index contributed by atoms with van der Waals surface area (Å²) in [4.78, 5) is 11.1. The Balaban J connectivity index is 2.71. The van der Waals surface area contributed by atoms with Crippen LogP contribution in [0.5, 0.6) is 0 Å². The zero-order valence-electron chi connectivity index (χ0n) is 9.22. The number of nitrogens with zero attached hydrogens (tertiary/aromatic N) is 1. The molecule has 0 spiro atoms. The van der Waals surface area contributed by atoms with Crippen LogP contribution >= 0.6 is 11.6 Å². The fourth-order valence-corrected chi connectivity index (χ4v) is 2.17. The molecule has 2 heterocycles. The number of halogens is 1. The Kier molecular flexibility index (Phi) is 3.09. The van der Waals surface area contributed by atoms with Crippen LogP contribution in [0.4, 0.5) is 0 Å². The largest absolute Gasteiger partial charge is 0.478 e. The first-order valence-electron chi connectivity index (χ1n) is 5.20. The Morgan fingerprint density at radius 3 is 2.88 bits per heavy atom. The van der Waals surface area contributed by atoms with Crippen molar-refractivity contribution in [1.82, 2.24) is 4.40 Å². The van der Waals surface area contributed by atoms with Gasteiger partial charge in [-0.1, -0.05) is 11.6 Å². The van der Waals surface area contributed by atoms with E-state index in [4.69, 9.17) is 16.7 Å². The van der Waals surface area contributed by atoms with Crippen molar-refractivity contribution in [2.45, 2.75) is 19.4 Å². The second-order valence-corrected chi connectivity index (χ2v) is 4.39. The second-order valence-electron chi connectivity index (χ2n) is 3.98. The molecule has 17 heavy (non-hydrogen) atoms. The molecule has 2 aromatic heterocycles. The molecule has 1 unspecified atom stereocenters. The van der Waals surface area contributed by atoms with E-state index in [1.54, 1.807) is 35.7 Å². The average molecular weight is 254 g/mol. The molecular formula is C12H12ClNO3. The van der Waals surface area contributed by atoms with E-state index < -0.39 is 12.1 Å². The fraction of sp³-hybridized carbons (Fsp3) is 0.250. The van der Waals surface area contributed by atoms with E-state index >= 15 is 0 Å². The highest BCUT2D eigenvalue weighted by molar-refractivity contribution is 6.34. The number of carboxylic acids is 1. The predicted molar refractivity (Wildman–Crippen MR) is 64.8 cm³/mol. The summed E-state index contributed by atoms with van der Waals surface area (Å²) in [5.41, 5.74) is 1.36. The van der Waals surface area contributed by atoms with E-state index in [-0.39, 0.29) is 5.56 Å². The smallest absolute Gasteiger partial charge is 0.337 e. The lowest BCUT2D eigenvalue weighted by atomic mass is 10.2. The molecule has 0 fully saturated rings. The van der Waals surface area contributed by atoms with Crippen molar-refractivity contribution in [2.24, 2.45) is 0 Å². The normalized spacial score (nSPS) is 12.9. The maximum absolute atomic E-state index is 11.1. The van der Waals surface area contributed by atoms with Gasteiger partial charge in [-0.05, 0) is 25.1 Å². The molecule has 2 aromatic rings. The molecule has 0 aliphatic carbocycles. The van der Waals surface area contributed by atoms with Gasteiger partial charge in [0.25, 0.3) is 0 Å². The van der Waals surface area contributed by atoms with Gasteiger partial charge >= 0.3 is 5.97 Å². The highest BCUT2D eigenvalue weighted by atomic mass is 35.5. The number of hydrogen-bond donors (Lipinski definition) is 2. The maximum atomic E-state index is 11.1. The SMILES string of the molecule is CC(O)Cc1cc(C(=O)O)c2c(Cl)cccn12. The lowest BCUT2D eigenvalue weighted by Crippen LogP contribution is -2.06. The van der Waals surface area contributed by atoms with Crippen LogP contribution in [-0.4, -0.2) is 26.7 Å². The van der Waals surface area contributed by atoms with Crippen molar-refractivity contribution >= 4 is 23.1 Å². The molecule has 0 saturated carbocycles. The van der Waals surface area contributed by atoms with Gasteiger partial charge in [0.2, 0.25) is 0 Å². The maximum Gasteiger partial charge on any atom is 0.337 e. The molecule has 4 nitrogen and oxygen atoms in total. The third kappa shape index (κ3) is 2.14. The minimum absolute atomic E-state index is 0.159. The van der Waals surface area contributed by atoms with Crippen molar-refractivity contribution in [3.05, 3.63) is 40.7 Å². The molecule has 1 atom stereocenters. The van der Waals surface area contributed by atoms with Crippen LogP contribution in [0.1, 0.15) is 23.0 Å². The lowest BCUT2D eigenvalue weighted by Gasteiger charge is -2.05. The summed E-state index contributed by atoms with van der Waals surface area (Å²) in [6, 6.07) is 4.94. The molecule has 0 aliphatic rings. The van der Waals surface area contributed by atoms with Crippen LogP contribution < -0.4 is 0 Å². The molecule has 2 N–H and O–H groups in total. The minimum Gasteiger partial charge on any atom is -0.478 e. The number of carbonyl (C=O) groups is 1. The summed E-state index contributed by atoms with van der Waals surface area (Å²) in [6.45, 7) is 1.66. The zero-order valence-corrected chi connectivity index (χ0v) is 9.98. The van der Waals surface area contributed by atoms with Crippen LogP contribution in [0.25, 0.3) is 5.52 Å². The third-order valence-electron chi connectivity index (χ3n) is 2.56. The standard InChI is InChI=1S/C12H12ClNO3/c1-7(15)5-8-6-9(12(16)17)11-10(13)3-2-4-14(8)11/h2-4,6-7,15H,5H2,1H3,(H,16,17). The number of aliphatic hydroxyl groups excluding tert-OH is 1. The topological polar surface area (TPSA) is 61.9 Å². The molecule has 0 bridgehead atoms. The van der Waals surface area contributed by atoms with Crippen LogP contribution in [0, 0.1) is 0 Å². The average Bonchev–Trinajstić information content (AvgIpc) is 2.58. The summed E-state index contributed by atoms with van der Waals surface area (Å²) in [5, 5.41) is 18.9. The molecule has 5 heteroatoms. The Hall–Kier alpha value is -1.52. The molecule has 0 radical (unpaired) electrons. The third-order valence-corrected chi connectivity index (χ3v) is 2.86. The van der Waals surface area contributed by atoms with Crippen LogP contribution in [0.2, 0.25) is 5.02 Å². The summed E-state index contributed by atoms with van der Waals surface area (Å²) in [7, 11) is 0. The molecule has 0 aliphatic heterocycles. The summed E-state index contributed by atoms with van der Waals surface area (Å²) in [6.07, 6.45) is 1.59. The molecule has 0 aromatic carbocycles. The van der Waals surface area contributed by atoms with E-state index in [0.717, 1.165) is 5.69 Å². The van der Waals surface area contributed by atoms with E-state index in [1.165, 1.54) is 0 Å². The van der Waals surface area contributed by atoms with Crippen LogP contribution in [0.3, 0.4) is 0 Å². The van der Waals surface area contributed by atoms with Crippen LogP contribution in [-0.2, 0) is 6.42 Å². The van der Waals surface area contributed by atoms with E-state index in [0.29, 0.717) is 17.0 Å². The number of rotatable bonds is 3. The number of pyridine rings is 1. The first kappa shape index (κ1) is 12.0. The van der Waals surface area contributed by atoms with E-state index in [1.807, 2.05) is 0 Å². The number of aliphatic hydroxyl groups is 1. The second kappa shape index (κ2) is 4.39. The summed E-state index contributed by atoms with van der Waals surface area (Å²) in [5.74, 6) is -1.02. The van der Waals surface area contributed by atoms with Crippen molar-refractivity contribution in [2.75, 3.05) is 0 Å². The van der Waals surface area contributed by atoms with Gasteiger partial charge in [-0.3, -0.25) is 0 Å². The highest BCUT2D eigenvalue weighted by Crippen LogP contribution is 2.25. The summed E-state index contributed by atoms with van der Waals surface area (Å²) < 4.78 is 1.71. The van der Waals surface area contributed by atoms with Crippen LogP contribution in [0.15, 0.2) is 24.4 Å². The number of aromatic carboxylic acids is 1. The zero-order chi connectivity index (χ0) is 12.6. The fourth-order valence-electron chi connectivity index (χ4n) is 1.91. The van der Waals surface area contributed by atoms with Gasteiger partial charge in [0.1, 0.15) is 0 Å². The van der Waals surface area contributed by atoms with Crippen molar-refractivity contribution in [3.8, 4) is 0 Å². The monoisotopic (exact) mass is 253 g/mol. The van der Waals surface area contributed by atoms with Gasteiger partial charge in [0, 0.05) is 18.3 Å². The Morgan fingerprint density at radius 2 is 2.29 bits per heavy atom. The molecule has 0 amide bonds. The number of carboxylic acid groups (broad SMARTS) is 1. The van der Waals surface area contributed by atoms with E-state index in [2.05, 4.69) is 0 Å². The quantitative estimate of drug-likeness (QED) is 0.882. The van der Waals surface area contributed by atoms with Crippen molar-refractivity contribution in [1.29, 1.82) is 0 Å². The number of hydrogen-bond acceptors (Lipinski definition) is 2. The lowest BCUT2D eigenvalue weighted by molar-refractivity contribution is 0.0699. The number of aromatic nitrogens is 1. The van der Waals surface area contributed by atoms with Crippen molar-refractivity contribution < 1.29 is 15.0 Å². The minimum atomic E-state index is -1.02. The Morgan fingerprint density at radius 1 is 1.59 bits per heavy atom. The molecule has 2 rings (SSSR count). The van der Waals surface area contributed by atoms with E-state index in [9.17, 15) is 9.90 Å². The van der Waals surface area contributed by atoms with Gasteiger partial charge in [0.15, 0.2) is 0 Å². The Bertz CT molecular complexity index is 574. The first-order valence-corrected chi connectivity index (χ1v) is 5.58. The van der Waals surface area contributed by atoms with Gasteiger partial charge in [0.05, 0.1) is 22.2 Å². The van der Waals surface area contributed by atoms with Gasteiger partial charge < -0.3 is 14.6 Å². The molecular weight excluding hydrogens is 242 g/mol. The highest BCUT2D eigenvalue weighted by Gasteiger charge is 2.17. The molecule has 0 saturated heterocycles. The predicted octanol–water partition coefficient (Wildman–Crippen LogP) is 2.21. The van der Waals surface area contributed by atoms with Crippen molar-refractivity contribution in [3.63, 3.8) is 0 Å². The molecule has 90 valence electrons. The van der Waals surface area contributed by atoms with Gasteiger partial charge in [-0.25, -0.2) is 4.79 Å². The first-order chi connectivity index (χ1) is 8.00. The number of fused-ring (bicyclic) bond motifs is 1.